The van der Waals surface area contributed by atoms with Crippen LogP contribution in [-0.2, 0) is 9.53 Å². The van der Waals surface area contributed by atoms with Crippen molar-refractivity contribution >= 4 is 18.0 Å². The van der Waals surface area contributed by atoms with E-state index in [4.69, 9.17) is 4.74 Å². The van der Waals surface area contributed by atoms with Gasteiger partial charge in [-0.05, 0) is 41.0 Å². The summed E-state index contributed by atoms with van der Waals surface area (Å²) in [6.07, 6.45) is 0.702. The van der Waals surface area contributed by atoms with E-state index in [1.165, 1.54) is 0 Å². The molecule has 0 saturated heterocycles. The van der Waals surface area contributed by atoms with Gasteiger partial charge in [0.25, 0.3) is 0 Å². The van der Waals surface area contributed by atoms with Crippen molar-refractivity contribution in [3.8, 4) is 0 Å². The van der Waals surface area contributed by atoms with E-state index >= 15 is 0 Å². The number of ether oxygens (including phenoxy) is 1. The van der Waals surface area contributed by atoms with Gasteiger partial charge in [-0.3, -0.25) is 9.79 Å². The van der Waals surface area contributed by atoms with Crippen LogP contribution in [0.15, 0.2) is 4.99 Å². The predicted molar refractivity (Wildman–Crippen MR) is 96.1 cm³/mol. The van der Waals surface area contributed by atoms with Crippen LogP contribution in [0.25, 0.3) is 0 Å². The van der Waals surface area contributed by atoms with Crippen LogP contribution in [0.3, 0.4) is 0 Å². The van der Waals surface area contributed by atoms with Gasteiger partial charge in [-0.25, -0.2) is 4.79 Å². The number of nitrogens with one attached hydrogen (secondary N) is 4. The number of carbonyl (C=O) groups excluding carboxylic acids is 2. The number of nitrogens with zero attached hydrogens (tertiary/aromatic N) is 1. The second-order valence-electron chi connectivity index (χ2n) is 6.68. The minimum atomic E-state index is -0.490. The number of aliphatic imine (C=N–C) groups is 1. The van der Waals surface area contributed by atoms with E-state index in [2.05, 4.69) is 26.3 Å². The van der Waals surface area contributed by atoms with Crippen LogP contribution >= 0.6 is 0 Å². The van der Waals surface area contributed by atoms with Crippen molar-refractivity contribution in [1.29, 1.82) is 0 Å². The molecule has 0 bridgehead atoms. The summed E-state index contributed by atoms with van der Waals surface area (Å²) in [7, 11) is 1.67. The van der Waals surface area contributed by atoms with Crippen molar-refractivity contribution in [2.24, 2.45) is 4.99 Å². The maximum absolute atomic E-state index is 11.5. The maximum atomic E-state index is 11.5. The van der Waals surface area contributed by atoms with Gasteiger partial charge >= 0.3 is 6.09 Å². The van der Waals surface area contributed by atoms with Crippen LogP contribution in [0.2, 0.25) is 0 Å². The van der Waals surface area contributed by atoms with Crippen molar-refractivity contribution < 1.29 is 14.3 Å². The SMILES string of the molecule is CN=C(NCCCNC(=O)OC(C)(C)C)NCCC(=O)NC(C)C. The third-order valence-electron chi connectivity index (χ3n) is 2.63. The number of hydrogen-bond acceptors (Lipinski definition) is 4. The fourth-order valence-electron chi connectivity index (χ4n) is 1.71. The quantitative estimate of drug-likeness (QED) is 0.299. The highest BCUT2D eigenvalue weighted by Crippen LogP contribution is 2.06. The lowest BCUT2D eigenvalue weighted by Gasteiger charge is -2.19. The maximum Gasteiger partial charge on any atom is 0.407 e. The van der Waals surface area contributed by atoms with Crippen molar-refractivity contribution in [2.75, 3.05) is 26.7 Å². The van der Waals surface area contributed by atoms with Gasteiger partial charge in [0.2, 0.25) is 5.91 Å². The normalized spacial score (nSPS) is 11.9. The first-order valence-electron chi connectivity index (χ1n) is 8.34. The van der Waals surface area contributed by atoms with Gasteiger partial charge in [0, 0.05) is 39.1 Å². The van der Waals surface area contributed by atoms with E-state index in [9.17, 15) is 9.59 Å². The molecule has 4 N–H and O–H groups in total. The zero-order chi connectivity index (χ0) is 18.6. The molecule has 0 unspecified atom stereocenters. The fraction of sp³-hybridized carbons (Fsp3) is 0.812. The molecular formula is C16H33N5O3. The molecule has 0 aromatic heterocycles. The van der Waals surface area contributed by atoms with Gasteiger partial charge in [0.1, 0.15) is 5.60 Å². The molecule has 0 saturated carbocycles. The Morgan fingerprint density at radius 1 is 1.04 bits per heavy atom. The Balaban J connectivity index is 3.77. The fourth-order valence-corrected chi connectivity index (χ4v) is 1.71. The Hall–Kier alpha value is -1.99. The number of guanidine groups is 1. The summed E-state index contributed by atoms with van der Waals surface area (Å²) in [5.74, 6) is 0.638. The smallest absolute Gasteiger partial charge is 0.407 e. The van der Waals surface area contributed by atoms with Crippen LogP contribution in [0.4, 0.5) is 4.79 Å². The molecule has 0 radical (unpaired) electrons. The Morgan fingerprint density at radius 2 is 1.62 bits per heavy atom. The minimum absolute atomic E-state index is 0.00881. The standard InChI is InChI=1S/C16H33N5O3/c1-12(2)21-13(22)8-11-19-14(17-6)18-9-7-10-20-15(23)24-16(3,4)5/h12H,7-11H2,1-6H3,(H,20,23)(H,21,22)(H2,17,18,19). The Bertz CT molecular complexity index is 416. The topological polar surface area (TPSA) is 104 Å². The van der Waals surface area contributed by atoms with E-state index in [1.807, 2.05) is 34.6 Å². The lowest BCUT2D eigenvalue weighted by molar-refractivity contribution is -0.121. The number of alkyl carbamates (subject to hydrolysis) is 1. The number of rotatable bonds is 8. The molecule has 140 valence electrons. The van der Waals surface area contributed by atoms with Gasteiger partial charge in [0.15, 0.2) is 5.96 Å². The largest absolute Gasteiger partial charge is 0.444 e. The van der Waals surface area contributed by atoms with E-state index in [0.717, 1.165) is 6.42 Å². The summed E-state index contributed by atoms with van der Waals surface area (Å²) in [5, 5.41) is 11.7. The van der Waals surface area contributed by atoms with E-state index in [-0.39, 0.29) is 11.9 Å². The molecule has 0 spiro atoms. The minimum Gasteiger partial charge on any atom is -0.444 e. The van der Waals surface area contributed by atoms with Gasteiger partial charge in [0.05, 0.1) is 0 Å². The number of amides is 2. The average molecular weight is 343 g/mol. The molecular weight excluding hydrogens is 310 g/mol. The van der Waals surface area contributed by atoms with Crippen LogP contribution < -0.4 is 21.3 Å². The summed E-state index contributed by atoms with van der Waals surface area (Å²) in [5.41, 5.74) is -0.490. The first kappa shape index (κ1) is 22.0. The van der Waals surface area contributed by atoms with Crippen molar-refractivity contribution in [1.82, 2.24) is 21.3 Å². The molecule has 0 aliphatic carbocycles. The predicted octanol–water partition coefficient (Wildman–Crippen LogP) is 0.981. The highest BCUT2D eigenvalue weighted by molar-refractivity contribution is 5.81. The lowest BCUT2D eigenvalue weighted by atomic mass is 10.2. The van der Waals surface area contributed by atoms with E-state index < -0.39 is 11.7 Å². The molecule has 0 aliphatic heterocycles. The second-order valence-corrected chi connectivity index (χ2v) is 6.68. The molecule has 0 heterocycles. The second kappa shape index (κ2) is 11.5. The molecule has 0 aromatic rings. The molecule has 0 aliphatic rings. The van der Waals surface area contributed by atoms with Crippen molar-refractivity contribution in [3.63, 3.8) is 0 Å². The first-order chi connectivity index (χ1) is 11.1. The molecule has 8 nitrogen and oxygen atoms in total. The van der Waals surface area contributed by atoms with Crippen LogP contribution in [0.5, 0.6) is 0 Å². The number of carbonyl (C=O) groups is 2. The monoisotopic (exact) mass is 343 g/mol. The highest BCUT2D eigenvalue weighted by Gasteiger charge is 2.15. The molecule has 2 amide bonds. The Morgan fingerprint density at radius 3 is 2.17 bits per heavy atom. The third-order valence-corrected chi connectivity index (χ3v) is 2.63. The van der Waals surface area contributed by atoms with Gasteiger partial charge in [-0.1, -0.05) is 0 Å². The average Bonchev–Trinajstić information content (AvgIpc) is 2.42. The molecule has 0 rings (SSSR count). The van der Waals surface area contributed by atoms with Crippen LogP contribution in [-0.4, -0.2) is 56.3 Å². The number of hydrogen-bond donors (Lipinski definition) is 4. The van der Waals surface area contributed by atoms with Crippen LogP contribution in [0.1, 0.15) is 47.5 Å². The molecule has 0 fully saturated rings. The van der Waals surface area contributed by atoms with Gasteiger partial charge in [-0.15, -0.1) is 0 Å². The summed E-state index contributed by atoms with van der Waals surface area (Å²) in [6, 6.07) is 0.146. The molecule has 24 heavy (non-hydrogen) atoms. The zero-order valence-corrected chi connectivity index (χ0v) is 15.8. The highest BCUT2D eigenvalue weighted by atomic mass is 16.6. The third kappa shape index (κ3) is 13.7. The Kier molecular flexibility index (Phi) is 10.6. The van der Waals surface area contributed by atoms with Gasteiger partial charge < -0.3 is 26.0 Å². The van der Waals surface area contributed by atoms with Crippen molar-refractivity contribution in [2.45, 2.75) is 59.1 Å². The van der Waals surface area contributed by atoms with E-state index in [0.29, 0.717) is 32.0 Å². The summed E-state index contributed by atoms with van der Waals surface area (Å²) in [6.45, 7) is 11.0. The summed E-state index contributed by atoms with van der Waals surface area (Å²) >= 11 is 0. The van der Waals surface area contributed by atoms with Crippen LogP contribution in [0, 0.1) is 0 Å². The molecule has 8 heteroatoms. The summed E-state index contributed by atoms with van der Waals surface area (Å²) in [4.78, 5) is 27.1. The van der Waals surface area contributed by atoms with E-state index in [1.54, 1.807) is 7.05 Å². The molecule has 0 aromatic carbocycles. The summed E-state index contributed by atoms with van der Waals surface area (Å²) < 4.78 is 5.15. The zero-order valence-electron chi connectivity index (χ0n) is 15.8. The first-order valence-corrected chi connectivity index (χ1v) is 8.34. The molecule has 0 atom stereocenters. The van der Waals surface area contributed by atoms with Gasteiger partial charge in [-0.2, -0.15) is 0 Å². The lowest BCUT2D eigenvalue weighted by Crippen LogP contribution is -2.41. The van der Waals surface area contributed by atoms with Crippen molar-refractivity contribution in [3.05, 3.63) is 0 Å². The Labute approximate surface area is 145 Å².